The first-order valence-corrected chi connectivity index (χ1v) is 5.31. The summed E-state index contributed by atoms with van der Waals surface area (Å²) in [6, 6.07) is 0. The van der Waals surface area contributed by atoms with Gasteiger partial charge in [-0.3, -0.25) is 0 Å². The van der Waals surface area contributed by atoms with Crippen LogP contribution in [0.2, 0.25) is 0 Å². The first kappa shape index (κ1) is 14.7. The van der Waals surface area contributed by atoms with Gasteiger partial charge < -0.3 is 9.84 Å². The van der Waals surface area contributed by atoms with E-state index in [4.69, 9.17) is 9.84 Å². The van der Waals surface area contributed by atoms with Crippen LogP contribution < -0.4 is 0 Å². The SMILES string of the molecule is CCCOCCCCC[C@@H](O)C(F)(F)F. The fraction of sp³-hybridized carbons (Fsp3) is 1.00. The third-order valence-electron chi connectivity index (χ3n) is 1.99. The van der Waals surface area contributed by atoms with E-state index in [0.717, 1.165) is 12.8 Å². The highest BCUT2D eigenvalue weighted by Crippen LogP contribution is 2.23. The number of aliphatic hydroxyl groups excluding tert-OH is 1. The van der Waals surface area contributed by atoms with Crippen molar-refractivity contribution in [2.24, 2.45) is 0 Å². The zero-order valence-electron chi connectivity index (χ0n) is 9.02. The Balaban J connectivity index is 3.24. The van der Waals surface area contributed by atoms with Crippen molar-refractivity contribution < 1.29 is 23.0 Å². The highest BCUT2D eigenvalue weighted by molar-refractivity contribution is 4.64. The summed E-state index contributed by atoms with van der Waals surface area (Å²) in [5.41, 5.74) is 0. The van der Waals surface area contributed by atoms with Crippen LogP contribution in [0.3, 0.4) is 0 Å². The molecule has 0 saturated carbocycles. The van der Waals surface area contributed by atoms with Gasteiger partial charge in [-0.1, -0.05) is 19.8 Å². The number of alkyl halides is 3. The van der Waals surface area contributed by atoms with Gasteiger partial charge in [0.15, 0.2) is 0 Å². The van der Waals surface area contributed by atoms with Crippen LogP contribution >= 0.6 is 0 Å². The highest BCUT2D eigenvalue weighted by atomic mass is 19.4. The van der Waals surface area contributed by atoms with E-state index in [1.54, 1.807) is 0 Å². The first-order valence-electron chi connectivity index (χ1n) is 5.31. The summed E-state index contributed by atoms with van der Waals surface area (Å²) in [6.07, 6.45) is -4.10. The quantitative estimate of drug-likeness (QED) is 0.647. The molecule has 1 atom stereocenters. The monoisotopic (exact) mass is 228 g/mol. The largest absolute Gasteiger partial charge is 0.414 e. The third kappa shape index (κ3) is 8.69. The number of hydrogen-bond acceptors (Lipinski definition) is 2. The lowest BCUT2D eigenvalue weighted by atomic mass is 10.1. The van der Waals surface area contributed by atoms with Crippen molar-refractivity contribution >= 4 is 0 Å². The molecule has 0 heterocycles. The molecule has 0 aliphatic rings. The number of halogens is 3. The summed E-state index contributed by atoms with van der Waals surface area (Å²) in [5.74, 6) is 0. The normalized spacial score (nSPS) is 14.2. The molecule has 15 heavy (non-hydrogen) atoms. The van der Waals surface area contributed by atoms with Gasteiger partial charge in [0, 0.05) is 13.2 Å². The predicted octanol–water partition coefficient (Wildman–Crippen LogP) is 2.90. The molecule has 0 rings (SSSR count). The van der Waals surface area contributed by atoms with E-state index in [-0.39, 0.29) is 6.42 Å². The first-order chi connectivity index (χ1) is 6.98. The smallest absolute Gasteiger partial charge is 0.384 e. The van der Waals surface area contributed by atoms with Crippen LogP contribution in [0, 0.1) is 0 Å². The zero-order valence-corrected chi connectivity index (χ0v) is 9.02. The molecular formula is C10H19F3O2. The minimum absolute atomic E-state index is 0.211. The summed E-state index contributed by atoms with van der Waals surface area (Å²) in [4.78, 5) is 0. The summed E-state index contributed by atoms with van der Waals surface area (Å²) < 4.78 is 40.7. The molecule has 0 aromatic heterocycles. The standard InChI is InChI=1S/C10H19F3O2/c1-2-7-15-8-5-3-4-6-9(14)10(11,12)13/h9,14H,2-8H2,1H3/t9-/m1/s1. The van der Waals surface area contributed by atoms with Crippen molar-refractivity contribution in [2.45, 2.75) is 51.3 Å². The highest BCUT2D eigenvalue weighted by Gasteiger charge is 2.37. The summed E-state index contributed by atoms with van der Waals surface area (Å²) in [6.45, 7) is 3.29. The van der Waals surface area contributed by atoms with Crippen molar-refractivity contribution in [3.05, 3.63) is 0 Å². The second kappa shape index (κ2) is 7.93. The molecule has 0 radical (unpaired) electrons. The van der Waals surface area contributed by atoms with Crippen LogP contribution in [0.1, 0.15) is 39.0 Å². The van der Waals surface area contributed by atoms with Crippen LogP contribution in [0.15, 0.2) is 0 Å². The second-order valence-electron chi connectivity index (χ2n) is 3.52. The number of ether oxygens (including phenoxy) is 1. The zero-order chi connectivity index (χ0) is 11.7. The molecule has 0 aliphatic heterocycles. The Labute approximate surface area is 88.4 Å². The fourth-order valence-electron chi connectivity index (χ4n) is 1.13. The maximum atomic E-state index is 11.9. The van der Waals surface area contributed by atoms with Crippen molar-refractivity contribution in [2.75, 3.05) is 13.2 Å². The lowest BCUT2D eigenvalue weighted by Crippen LogP contribution is -2.28. The molecule has 1 N–H and O–H groups in total. The molecule has 0 aliphatic carbocycles. The molecule has 0 bridgehead atoms. The van der Waals surface area contributed by atoms with E-state index in [1.807, 2.05) is 6.92 Å². The average molecular weight is 228 g/mol. The summed E-state index contributed by atoms with van der Waals surface area (Å²) in [7, 11) is 0. The topological polar surface area (TPSA) is 29.5 Å². The number of hydrogen-bond donors (Lipinski definition) is 1. The van der Waals surface area contributed by atoms with Crippen molar-refractivity contribution in [1.29, 1.82) is 0 Å². The van der Waals surface area contributed by atoms with Gasteiger partial charge in [0.2, 0.25) is 0 Å². The van der Waals surface area contributed by atoms with E-state index in [1.165, 1.54) is 0 Å². The minimum Gasteiger partial charge on any atom is -0.384 e. The minimum atomic E-state index is -4.47. The average Bonchev–Trinajstić information content (AvgIpc) is 2.14. The van der Waals surface area contributed by atoms with Crippen molar-refractivity contribution in [1.82, 2.24) is 0 Å². The molecule has 0 spiro atoms. The molecule has 0 unspecified atom stereocenters. The van der Waals surface area contributed by atoms with Gasteiger partial charge in [-0.25, -0.2) is 0 Å². The van der Waals surface area contributed by atoms with Gasteiger partial charge in [-0.2, -0.15) is 13.2 Å². The number of unbranched alkanes of at least 4 members (excludes halogenated alkanes) is 2. The number of aliphatic hydroxyl groups is 1. The van der Waals surface area contributed by atoms with Crippen molar-refractivity contribution in [3.8, 4) is 0 Å². The maximum absolute atomic E-state index is 11.9. The van der Waals surface area contributed by atoms with Crippen LogP contribution in [-0.2, 0) is 4.74 Å². The Morgan fingerprint density at radius 3 is 2.33 bits per heavy atom. The molecule has 0 aromatic carbocycles. The Hall–Kier alpha value is -0.290. The van der Waals surface area contributed by atoms with Gasteiger partial charge in [0.25, 0.3) is 0 Å². The van der Waals surface area contributed by atoms with Crippen molar-refractivity contribution in [3.63, 3.8) is 0 Å². The fourth-order valence-corrected chi connectivity index (χ4v) is 1.13. The Morgan fingerprint density at radius 1 is 1.13 bits per heavy atom. The van der Waals surface area contributed by atoms with Crippen LogP contribution in [0.4, 0.5) is 13.2 Å². The maximum Gasteiger partial charge on any atom is 0.414 e. The van der Waals surface area contributed by atoms with E-state index >= 15 is 0 Å². The Bertz CT molecular complexity index is 148. The molecular weight excluding hydrogens is 209 g/mol. The third-order valence-corrected chi connectivity index (χ3v) is 1.99. The summed E-state index contributed by atoms with van der Waals surface area (Å²) >= 11 is 0. The lowest BCUT2D eigenvalue weighted by Gasteiger charge is -2.13. The van der Waals surface area contributed by atoms with Gasteiger partial charge in [-0.05, 0) is 19.3 Å². The molecule has 0 aromatic rings. The van der Waals surface area contributed by atoms with Crippen LogP contribution in [0.25, 0.3) is 0 Å². The second-order valence-corrected chi connectivity index (χ2v) is 3.52. The van der Waals surface area contributed by atoms with E-state index in [2.05, 4.69) is 0 Å². The molecule has 0 amide bonds. The van der Waals surface area contributed by atoms with Gasteiger partial charge in [-0.15, -0.1) is 0 Å². The van der Waals surface area contributed by atoms with Gasteiger partial charge in [0.05, 0.1) is 0 Å². The lowest BCUT2D eigenvalue weighted by molar-refractivity contribution is -0.205. The van der Waals surface area contributed by atoms with E-state index < -0.39 is 12.3 Å². The van der Waals surface area contributed by atoms with Gasteiger partial charge in [0.1, 0.15) is 6.10 Å². The van der Waals surface area contributed by atoms with E-state index in [9.17, 15) is 13.2 Å². The Kier molecular flexibility index (Phi) is 7.78. The molecule has 5 heteroatoms. The molecule has 0 saturated heterocycles. The van der Waals surface area contributed by atoms with Crippen LogP contribution in [-0.4, -0.2) is 30.6 Å². The predicted molar refractivity (Wildman–Crippen MR) is 51.6 cm³/mol. The summed E-state index contributed by atoms with van der Waals surface area (Å²) in [5, 5.41) is 8.67. The Morgan fingerprint density at radius 2 is 1.80 bits per heavy atom. The van der Waals surface area contributed by atoms with E-state index in [0.29, 0.717) is 26.1 Å². The number of rotatable bonds is 8. The molecule has 92 valence electrons. The molecule has 2 nitrogen and oxygen atoms in total. The van der Waals surface area contributed by atoms with Crippen LogP contribution in [0.5, 0.6) is 0 Å². The van der Waals surface area contributed by atoms with Gasteiger partial charge >= 0.3 is 6.18 Å². The molecule has 0 fully saturated rings.